The SMILES string of the molecule is CC12CC=C3C=C4CC(O)CCC4CC[C@]3(O)C1CC=C2c1cccnc1.CNC. The molecule has 4 aliphatic carbocycles. The second-order valence-corrected chi connectivity index (χ2v) is 9.74. The summed E-state index contributed by atoms with van der Waals surface area (Å²) < 4.78 is 0. The lowest BCUT2D eigenvalue weighted by Crippen LogP contribution is -2.48. The summed E-state index contributed by atoms with van der Waals surface area (Å²) in [7, 11) is 3.75. The summed E-state index contributed by atoms with van der Waals surface area (Å²) >= 11 is 0. The molecule has 5 rings (SSSR count). The van der Waals surface area contributed by atoms with E-state index in [1.54, 1.807) is 0 Å². The Hall–Kier alpha value is -1.75. The number of hydrogen-bond acceptors (Lipinski definition) is 4. The summed E-state index contributed by atoms with van der Waals surface area (Å²) in [5.41, 5.74) is 4.19. The van der Waals surface area contributed by atoms with E-state index in [0.29, 0.717) is 5.92 Å². The van der Waals surface area contributed by atoms with Gasteiger partial charge in [-0.15, -0.1) is 0 Å². The third-order valence-electron chi connectivity index (χ3n) is 7.80. The molecule has 0 spiro atoms. The van der Waals surface area contributed by atoms with E-state index in [1.807, 2.05) is 32.6 Å². The van der Waals surface area contributed by atoms with Crippen LogP contribution in [-0.4, -0.2) is 41.0 Å². The van der Waals surface area contributed by atoms with Gasteiger partial charge in [0.1, 0.15) is 0 Å². The van der Waals surface area contributed by atoms with Gasteiger partial charge < -0.3 is 15.5 Å². The van der Waals surface area contributed by atoms with Gasteiger partial charge in [0, 0.05) is 23.7 Å². The molecule has 4 aliphatic rings. The first-order valence-electron chi connectivity index (χ1n) is 11.4. The van der Waals surface area contributed by atoms with Crippen molar-refractivity contribution in [3.63, 3.8) is 0 Å². The summed E-state index contributed by atoms with van der Waals surface area (Å²) in [4.78, 5) is 4.32. The molecule has 1 fully saturated rings. The quantitative estimate of drug-likeness (QED) is 0.649. The van der Waals surface area contributed by atoms with Gasteiger partial charge in [-0.1, -0.05) is 36.8 Å². The summed E-state index contributed by atoms with van der Waals surface area (Å²) in [6, 6.07) is 4.14. The number of nitrogens with zero attached hydrogens (tertiary/aromatic N) is 1. The fraction of sp³-hybridized carbons (Fsp3) is 0.577. The minimum Gasteiger partial charge on any atom is -0.393 e. The van der Waals surface area contributed by atoms with E-state index in [1.165, 1.54) is 16.7 Å². The predicted octanol–water partition coefficient (Wildman–Crippen LogP) is 4.27. The molecule has 1 heterocycles. The van der Waals surface area contributed by atoms with Crippen LogP contribution >= 0.6 is 0 Å². The maximum absolute atomic E-state index is 12.0. The Morgan fingerprint density at radius 1 is 1.17 bits per heavy atom. The van der Waals surface area contributed by atoms with Gasteiger partial charge in [0.25, 0.3) is 0 Å². The minimum absolute atomic E-state index is 0.0468. The van der Waals surface area contributed by atoms with E-state index < -0.39 is 5.60 Å². The van der Waals surface area contributed by atoms with Gasteiger partial charge in [-0.25, -0.2) is 0 Å². The van der Waals surface area contributed by atoms with Crippen LogP contribution in [0.5, 0.6) is 0 Å². The molecule has 4 nitrogen and oxygen atoms in total. The van der Waals surface area contributed by atoms with Crippen LogP contribution in [0.3, 0.4) is 0 Å². The number of hydrogen-bond donors (Lipinski definition) is 3. The molecule has 1 saturated carbocycles. The maximum Gasteiger partial charge on any atom is 0.0933 e. The van der Waals surface area contributed by atoms with Crippen LogP contribution in [0.25, 0.3) is 5.57 Å². The van der Waals surface area contributed by atoms with E-state index in [0.717, 1.165) is 50.5 Å². The third-order valence-corrected chi connectivity index (χ3v) is 7.80. The molecule has 0 aliphatic heterocycles. The van der Waals surface area contributed by atoms with Crippen molar-refractivity contribution in [2.75, 3.05) is 14.1 Å². The largest absolute Gasteiger partial charge is 0.393 e. The van der Waals surface area contributed by atoms with Crippen LogP contribution < -0.4 is 5.32 Å². The molecular formula is C26H36N2O2. The smallest absolute Gasteiger partial charge is 0.0933 e. The molecule has 0 bridgehead atoms. The number of aromatic nitrogens is 1. The van der Waals surface area contributed by atoms with Gasteiger partial charge in [-0.2, -0.15) is 0 Å². The highest BCUT2D eigenvalue weighted by Gasteiger charge is 2.55. The van der Waals surface area contributed by atoms with Crippen molar-refractivity contribution in [1.29, 1.82) is 0 Å². The normalized spacial score (nSPS) is 37.2. The van der Waals surface area contributed by atoms with Crippen molar-refractivity contribution in [2.24, 2.45) is 17.3 Å². The minimum atomic E-state index is -0.761. The van der Waals surface area contributed by atoms with Crippen LogP contribution in [-0.2, 0) is 0 Å². The van der Waals surface area contributed by atoms with E-state index >= 15 is 0 Å². The zero-order valence-electron chi connectivity index (χ0n) is 18.6. The Morgan fingerprint density at radius 3 is 2.70 bits per heavy atom. The van der Waals surface area contributed by atoms with E-state index in [2.05, 4.69) is 41.5 Å². The zero-order chi connectivity index (χ0) is 21.4. The molecule has 4 heteroatoms. The Morgan fingerprint density at radius 2 is 1.97 bits per heavy atom. The molecule has 1 aromatic rings. The van der Waals surface area contributed by atoms with Crippen molar-refractivity contribution in [2.45, 2.75) is 63.6 Å². The summed E-state index contributed by atoms with van der Waals surface area (Å²) in [6.45, 7) is 2.32. The molecule has 5 atom stereocenters. The third kappa shape index (κ3) is 3.59. The number of aliphatic hydroxyl groups excluding tert-OH is 1. The highest BCUT2D eigenvalue weighted by atomic mass is 16.3. The van der Waals surface area contributed by atoms with Crippen LogP contribution in [0, 0.1) is 17.3 Å². The Kier molecular flexibility index (Phi) is 6.02. The fourth-order valence-corrected chi connectivity index (χ4v) is 6.28. The highest BCUT2D eigenvalue weighted by molar-refractivity contribution is 5.73. The van der Waals surface area contributed by atoms with Crippen molar-refractivity contribution in [1.82, 2.24) is 10.3 Å². The fourth-order valence-electron chi connectivity index (χ4n) is 6.28. The molecular weight excluding hydrogens is 372 g/mol. The summed E-state index contributed by atoms with van der Waals surface area (Å²) in [6.07, 6.45) is 16.9. The van der Waals surface area contributed by atoms with Gasteiger partial charge in [-0.3, -0.25) is 4.98 Å². The number of allylic oxidation sites excluding steroid dienone is 3. The number of fused-ring (bicyclic) bond motifs is 4. The molecule has 3 N–H and O–H groups in total. The maximum atomic E-state index is 12.0. The number of aliphatic hydroxyl groups is 2. The van der Waals surface area contributed by atoms with Gasteiger partial charge in [-0.05, 0) is 87.7 Å². The Balaban J connectivity index is 0.000000687. The standard InChI is InChI=1S/C24H29NO2.C2H7N/c1-23-10-9-19-13-18-14-20(26)5-4-16(18)8-11-24(19,27)22(23)7-6-21(23)17-3-2-12-25-15-17;1-3-2/h2-3,6,9,12-13,15-16,20,22,26-27H,4-5,7-8,10-11,14H2,1H3;3H,1-2H3/t16?,20?,22?,23?,24-;/m1./s1. The average Bonchev–Trinajstić information content (AvgIpc) is 3.02. The van der Waals surface area contributed by atoms with E-state index in [-0.39, 0.29) is 17.4 Å². The van der Waals surface area contributed by atoms with Gasteiger partial charge >= 0.3 is 0 Å². The first-order valence-corrected chi connectivity index (χ1v) is 11.4. The van der Waals surface area contributed by atoms with Crippen molar-refractivity contribution < 1.29 is 10.2 Å². The van der Waals surface area contributed by atoms with Crippen LogP contribution in [0.4, 0.5) is 0 Å². The zero-order valence-corrected chi connectivity index (χ0v) is 18.6. The van der Waals surface area contributed by atoms with Crippen LogP contribution in [0.15, 0.2) is 53.9 Å². The van der Waals surface area contributed by atoms with E-state index in [4.69, 9.17) is 0 Å². The number of pyridine rings is 1. The number of rotatable bonds is 1. The van der Waals surface area contributed by atoms with Crippen molar-refractivity contribution >= 4 is 5.57 Å². The second kappa shape index (κ2) is 8.41. The first-order chi connectivity index (χ1) is 14.4. The average molecular weight is 409 g/mol. The summed E-state index contributed by atoms with van der Waals surface area (Å²) in [5.74, 6) is 0.740. The molecule has 0 aromatic carbocycles. The topological polar surface area (TPSA) is 65.4 Å². The first kappa shape index (κ1) is 21.5. The van der Waals surface area contributed by atoms with Gasteiger partial charge in [0.2, 0.25) is 0 Å². The molecule has 4 unspecified atom stereocenters. The molecule has 30 heavy (non-hydrogen) atoms. The Bertz CT molecular complexity index is 859. The van der Waals surface area contributed by atoms with E-state index in [9.17, 15) is 10.2 Å². The molecule has 0 amide bonds. The van der Waals surface area contributed by atoms with Gasteiger partial charge in [0.05, 0.1) is 11.7 Å². The predicted molar refractivity (Wildman–Crippen MR) is 122 cm³/mol. The van der Waals surface area contributed by atoms with Crippen molar-refractivity contribution in [3.8, 4) is 0 Å². The van der Waals surface area contributed by atoms with Crippen molar-refractivity contribution in [3.05, 3.63) is 59.5 Å². The molecule has 0 saturated heterocycles. The lowest BCUT2D eigenvalue weighted by Gasteiger charge is -2.48. The molecule has 0 radical (unpaired) electrons. The highest BCUT2D eigenvalue weighted by Crippen LogP contribution is 2.61. The molecule has 162 valence electrons. The molecule has 1 aromatic heterocycles. The van der Waals surface area contributed by atoms with Gasteiger partial charge in [0.15, 0.2) is 0 Å². The van der Waals surface area contributed by atoms with Crippen LogP contribution in [0.1, 0.15) is 57.4 Å². The second-order valence-electron chi connectivity index (χ2n) is 9.74. The summed E-state index contributed by atoms with van der Waals surface area (Å²) in [5, 5.41) is 24.8. The number of nitrogens with one attached hydrogen (secondary N) is 1. The monoisotopic (exact) mass is 408 g/mol. The lowest BCUT2D eigenvalue weighted by molar-refractivity contribution is -0.0330. The van der Waals surface area contributed by atoms with Crippen LogP contribution in [0.2, 0.25) is 0 Å². The lowest BCUT2D eigenvalue weighted by atomic mass is 9.58. The Labute approximate surface area is 180 Å².